The SMILES string of the molecule is N#CC1(c2cccc(C(F)(F)F)c2)CCCC1. The third-order valence-corrected chi connectivity index (χ3v) is 3.41. The van der Waals surface area contributed by atoms with E-state index < -0.39 is 17.2 Å². The van der Waals surface area contributed by atoms with Gasteiger partial charge in [-0.05, 0) is 24.5 Å². The van der Waals surface area contributed by atoms with Crippen LogP contribution in [-0.4, -0.2) is 0 Å². The Balaban J connectivity index is 2.43. The molecule has 1 aromatic rings. The van der Waals surface area contributed by atoms with E-state index in [0.29, 0.717) is 18.4 Å². The highest BCUT2D eigenvalue weighted by molar-refractivity contribution is 5.37. The van der Waals surface area contributed by atoms with Gasteiger partial charge in [-0.1, -0.05) is 31.0 Å². The molecule has 2 rings (SSSR count). The molecule has 1 fully saturated rings. The molecule has 1 nitrogen and oxygen atoms in total. The minimum absolute atomic E-state index is 0.507. The van der Waals surface area contributed by atoms with Gasteiger partial charge in [-0.15, -0.1) is 0 Å². The second-order valence-corrected chi connectivity index (χ2v) is 4.48. The lowest BCUT2D eigenvalue weighted by Gasteiger charge is -2.21. The molecular formula is C13H12F3N. The Kier molecular flexibility index (Phi) is 2.86. The van der Waals surface area contributed by atoms with Crippen LogP contribution in [-0.2, 0) is 11.6 Å². The van der Waals surface area contributed by atoms with E-state index in [9.17, 15) is 18.4 Å². The predicted octanol–water partition coefficient (Wildman–Crippen LogP) is 4.04. The van der Waals surface area contributed by atoms with E-state index >= 15 is 0 Å². The molecule has 0 N–H and O–H groups in total. The maximum atomic E-state index is 12.6. The first-order valence-corrected chi connectivity index (χ1v) is 5.57. The fraction of sp³-hybridized carbons (Fsp3) is 0.462. The van der Waals surface area contributed by atoms with Crippen LogP contribution in [0.25, 0.3) is 0 Å². The van der Waals surface area contributed by atoms with Crippen molar-refractivity contribution < 1.29 is 13.2 Å². The van der Waals surface area contributed by atoms with E-state index in [2.05, 4.69) is 6.07 Å². The molecule has 17 heavy (non-hydrogen) atoms. The maximum absolute atomic E-state index is 12.6. The number of nitrogens with zero attached hydrogens (tertiary/aromatic N) is 1. The third kappa shape index (κ3) is 2.14. The van der Waals surface area contributed by atoms with Gasteiger partial charge >= 0.3 is 6.18 Å². The van der Waals surface area contributed by atoms with E-state index in [1.807, 2.05) is 0 Å². The number of hydrogen-bond acceptors (Lipinski definition) is 1. The van der Waals surface area contributed by atoms with Crippen molar-refractivity contribution in [3.63, 3.8) is 0 Å². The van der Waals surface area contributed by atoms with Crippen LogP contribution < -0.4 is 0 Å². The maximum Gasteiger partial charge on any atom is 0.416 e. The van der Waals surface area contributed by atoms with Crippen molar-refractivity contribution in [3.8, 4) is 6.07 Å². The van der Waals surface area contributed by atoms with E-state index in [-0.39, 0.29) is 0 Å². The predicted molar refractivity (Wildman–Crippen MR) is 57.2 cm³/mol. The largest absolute Gasteiger partial charge is 0.416 e. The van der Waals surface area contributed by atoms with Crippen molar-refractivity contribution >= 4 is 0 Å². The second-order valence-electron chi connectivity index (χ2n) is 4.48. The Morgan fingerprint density at radius 1 is 1.18 bits per heavy atom. The molecule has 1 saturated carbocycles. The van der Waals surface area contributed by atoms with Gasteiger partial charge in [-0.25, -0.2) is 0 Å². The summed E-state index contributed by atoms with van der Waals surface area (Å²) in [7, 11) is 0. The summed E-state index contributed by atoms with van der Waals surface area (Å²) in [4.78, 5) is 0. The molecule has 0 aromatic heterocycles. The van der Waals surface area contributed by atoms with E-state index in [4.69, 9.17) is 0 Å². The van der Waals surface area contributed by atoms with Crippen LogP contribution in [0.5, 0.6) is 0 Å². The molecular weight excluding hydrogens is 227 g/mol. The van der Waals surface area contributed by atoms with Crippen LogP contribution in [0.3, 0.4) is 0 Å². The zero-order valence-corrected chi connectivity index (χ0v) is 9.22. The van der Waals surface area contributed by atoms with Gasteiger partial charge in [-0.3, -0.25) is 0 Å². The Morgan fingerprint density at radius 2 is 1.82 bits per heavy atom. The average Bonchev–Trinajstić information content (AvgIpc) is 2.78. The van der Waals surface area contributed by atoms with Crippen LogP contribution in [0.4, 0.5) is 13.2 Å². The van der Waals surface area contributed by atoms with Gasteiger partial charge in [0.25, 0.3) is 0 Å². The lowest BCUT2D eigenvalue weighted by Crippen LogP contribution is -2.20. The zero-order valence-electron chi connectivity index (χ0n) is 9.22. The Hall–Kier alpha value is -1.50. The molecule has 4 heteroatoms. The van der Waals surface area contributed by atoms with E-state index in [1.165, 1.54) is 6.07 Å². The Labute approximate surface area is 97.9 Å². The summed E-state index contributed by atoms with van der Waals surface area (Å²) in [6.45, 7) is 0. The summed E-state index contributed by atoms with van der Waals surface area (Å²) in [5.41, 5.74) is -0.870. The number of alkyl halides is 3. The van der Waals surface area contributed by atoms with Crippen molar-refractivity contribution in [2.45, 2.75) is 37.3 Å². The quantitative estimate of drug-likeness (QED) is 0.725. The lowest BCUT2D eigenvalue weighted by atomic mass is 9.80. The fourth-order valence-electron chi connectivity index (χ4n) is 2.44. The van der Waals surface area contributed by atoms with Gasteiger partial charge in [0.15, 0.2) is 0 Å². The second kappa shape index (κ2) is 4.06. The highest BCUT2D eigenvalue weighted by Crippen LogP contribution is 2.42. The summed E-state index contributed by atoms with van der Waals surface area (Å²) in [6, 6.07) is 7.38. The smallest absolute Gasteiger partial charge is 0.197 e. The van der Waals surface area contributed by atoms with Crippen LogP contribution >= 0.6 is 0 Å². The molecule has 0 heterocycles. The molecule has 0 bridgehead atoms. The summed E-state index contributed by atoms with van der Waals surface area (Å²) in [6.07, 6.45) is -1.21. The number of hydrogen-bond donors (Lipinski definition) is 0. The van der Waals surface area contributed by atoms with E-state index in [1.54, 1.807) is 6.07 Å². The number of nitriles is 1. The van der Waals surface area contributed by atoms with Gasteiger partial charge in [0.05, 0.1) is 17.0 Å². The first-order chi connectivity index (χ1) is 7.98. The number of benzene rings is 1. The van der Waals surface area contributed by atoms with Crippen molar-refractivity contribution in [3.05, 3.63) is 35.4 Å². The van der Waals surface area contributed by atoms with Crippen molar-refractivity contribution in [2.24, 2.45) is 0 Å². The minimum Gasteiger partial charge on any atom is -0.197 e. The Bertz CT molecular complexity index is 450. The topological polar surface area (TPSA) is 23.8 Å². The van der Waals surface area contributed by atoms with Crippen molar-refractivity contribution in [2.75, 3.05) is 0 Å². The number of halogens is 3. The highest BCUT2D eigenvalue weighted by atomic mass is 19.4. The molecule has 0 radical (unpaired) electrons. The summed E-state index contributed by atoms with van der Waals surface area (Å²) in [5.74, 6) is 0. The summed E-state index contributed by atoms with van der Waals surface area (Å²) in [5, 5.41) is 9.23. The molecule has 1 aliphatic carbocycles. The Morgan fingerprint density at radius 3 is 2.35 bits per heavy atom. The molecule has 0 unspecified atom stereocenters. The molecule has 1 aliphatic rings. The minimum atomic E-state index is -4.34. The lowest BCUT2D eigenvalue weighted by molar-refractivity contribution is -0.137. The molecule has 1 aromatic carbocycles. The highest BCUT2D eigenvalue weighted by Gasteiger charge is 2.38. The number of rotatable bonds is 1. The third-order valence-electron chi connectivity index (χ3n) is 3.41. The van der Waals surface area contributed by atoms with Gasteiger partial charge in [-0.2, -0.15) is 18.4 Å². The summed E-state index contributed by atoms with van der Waals surface area (Å²) < 4.78 is 37.8. The first-order valence-electron chi connectivity index (χ1n) is 5.57. The molecule has 0 saturated heterocycles. The monoisotopic (exact) mass is 239 g/mol. The van der Waals surface area contributed by atoms with Gasteiger partial charge < -0.3 is 0 Å². The molecule has 0 spiro atoms. The molecule has 0 aliphatic heterocycles. The molecule has 90 valence electrons. The first kappa shape index (κ1) is 12.0. The fourth-order valence-corrected chi connectivity index (χ4v) is 2.44. The van der Waals surface area contributed by atoms with Crippen LogP contribution in [0, 0.1) is 11.3 Å². The van der Waals surface area contributed by atoms with Gasteiger partial charge in [0.2, 0.25) is 0 Å². The normalized spacial score (nSPS) is 18.9. The molecule has 0 atom stereocenters. The van der Waals surface area contributed by atoms with Crippen molar-refractivity contribution in [1.82, 2.24) is 0 Å². The average molecular weight is 239 g/mol. The van der Waals surface area contributed by atoms with E-state index in [0.717, 1.165) is 25.0 Å². The standard InChI is InChI=1S/C13H12F3N/c14-13(15,16)11-5-3-4-10(8-11)12(9-17)6-1-2-7-12/h3-5,8H,1-2,6-7H2. The summed E-state index contributed by atoms with van der Waals surface area (Å²) >= 11 is 0. The van der Waals surface area contributed by atoms with Gasteiger partial charge in [0, 0.05) is 0 Å². The van der Waals surface area contributed by atoms with Gasteiger partial charge in [0.1, 0.15) is 0 Å². The van der Waals surface area contributed by atoms with Crippen molar-refractivity contribution in [1.29, 1.82) is 5.26 Å². The van der Waals surface area contributed by atoms with Crippen LogP contribution in [0.1, 0.15) is 36.8 Å². The molecule has 0 amide bonds. The zero-order chi connectivity index (χ0) is 12.5. The van der Waals surface area contributed by atoms with Crippen LogP contribution in [0.2, 0.25) is 0 Å². The van der Waals surface area contributed by atoms with Crippen LogP contribution in [0.15, 0.2) is 24.3 Å².